The fraction of sp³-hybridized carbons (Fsp3) is 0.385. The zero-order valence-electron chi connectivity index (χ0n) is 10.2. The molecule has 102 valence electrons. The number of benzene rings is 1. The van der Waals surface area contributed by atoms with Crippen LogP contribution in [0.15, 0.2) is 18.2 Å². The predicted molar refractivity (Wildman–Crippen MR) is 74.6 cm³/mol. The van der Waals surface area contributed by atoms with E-state index < -0.39 is 0 Å². The molecular weight excluding hydrogens is 287 g/mol. The van der Waals surface area contributed by atoms with Crippen molar-refractivity contribution in [1.82, 2.24) is 4.90 Å². The Balaban J connectivity index is 2.10. The van der Waals surface area contributed by atoms with Gasteiger partial charge < -0.3 is 5.73 Å². The number of carbonyl (C=O) groups is 2. The van der Waals surface area contributed by atoms with Crippen molar-refractivity contribution in [3.8, 4) is 0 Å². The summed E-state index contributed by atoms with van der Waals surface area (Å²) in [6.07, 6.45) is 1.58. The van der Waals surface area contributed by atoms with Crippen LogP contribution in [0, 0.1) is 0 Å². The van der Waals surface area contributed by atoms with Crippen molar-refractivity contribution in [3.63, 3.8) is 0 Å². The van der Waals surface area contributed by atoms with E-state index >= 15 is 0 Å². The van der Waals surface area contributed by atoms with Gasteiger partial charge >= 0.3 is 0 Å². The van der Waals surface area contributed by atoms with E-state index in [0.29, 0.717) is 28.6 Å². The second kappa shape index (κ2) is 5.90. The van der Waals surface area contributed by atoms with Gasteiger partial charge in [0.1, 0.15) is 0 Å². The molecular formula is C13H14Cl2N2O2. The highest BCUT2D eigenvalue weighted by Crippen LogP contribution is 2.23. The van der Waals surface area contributed by atoms with E-state index in [1.165, 1.54) is 6.07 Å². The van der Waals surface area contributed by atoms with Gasteiger partial charge in [0.25, 0.3) is 0 Å². The third kappa shape index (κ3) is 3.26. The van der Waals surface area contributed by atoms with Crippen molar-refractivity contribution in [3.05, 3.63) is 33.8 Å². The Kier molecular flexibility index (Phi) is 4.45. The van der Waals surface area contributed by atoms with Crippen LogP contribution in [0.25, 0.3) is 0 Å². The Morgan fingerprint density at radius 1 is 1.37 bits per heavy atom. The lowest BCUT2D eigenvalue weighted by Crippen LogP contribution is -2.42. The normalized spacial score (nSPS) is 19.6. The molecule has 1 aromatic carbocycles. The number of carbonyl (C=O) groups excluding carboxylic acids is 2. The highest BCUT2D eigenvalue weighted by Gasteiger charge is 2.30. The van der Waals surface area contributed by atoms with Crippen molar-refractivity contribution in [2.24, 2.45) is 5.73 Å². The average molecular weight is 301 g/mol. The summed E-state index contributed by atoms with van der Waals surface area (Å²) < 4.78 is 0. The van der Waals surface area contributed by atoms with Crippen LogP contribution in [-0.4, -0.2) is 35.7 Å². The zero-order valence-corrected chi connectivity index (χ0v) is 11.7. The molecule has 1 aliphatic heterocycles. The summed E-state index contributed by atoms with van der Waals surface area (Å²) in [4.78, 5) is 25.2. The first-order valence-electron chi connectivity index (χ1n) is 6.00. The van der Waals surface area contributed by atoms with Gasteiger partial charge in [0.15, 0.2) is 5.78 Å². The summed E-state index contributed by atoms with van der Waals surface area (Å²) >= 11 is 11.8. The summed E-state index contributed by atoms with van der Waals surface area (Å²) in [5, 5.41) is 0.810. The summed E-state index contributed by atoms with van der Waals surface area (Å²) in [6.45, 7) is 0.847. The molecule has 1 amide bonds. The smallest absolute Gasteiger partial charge is 0.234 e. The van der Waals surface area contributed by atoms with Crippen LogP contribution in [0.5, 0.6) is 0 Å². The number of rotatable bonds is 4. The van der Waals surface area contributed by atoms with Crippen LogP contribution < -0.4 is 5.73 Å². The van der Waals surface area contributed by atoms with Crippen LogP contribution in [0.3, 0.4) is 0 Å². The fourth-order valence-corrected chi connectivity index (χ4v) is 2.84. The molecule has 2 rings (SSSR count). The lowest BCUT2D eigenvalue weighted by atomic mass is 10.1. The van der Waals surface area contributed by atoms with Gasteiger partial charge in [0.05, 0.1) is 17.6 Å². The lowest BCUT2D eigenvalue weighted by Gasteiger charge is -2.21. The molecule has 1 heterocycles. The molecule has 0 bridgehead atoms. The summed E-state index contributed by atoms with van der Waals surface area (Å²) in [7, 11) is 0. The second-order valence-corrected chi connectivity index (χ2v) is 5.42. The molecule has 4 nitrogen and oxygen atoms in total. The Morgan fingerprint density at radius 3 is 2.74 bits per heavy atom. The number of primary amides is 1. The Labute approximate surface area is 121 Å². The second-order valence-electron chi connectivity index (χ2n) is 4.58. The molecule has 1 fully saturated rings. The first-order chi connectivity index (χ1) is 8.99. The van der Waals surface area contributed by atoms with E-state index in [0.717, 1.165) is 6.42 Å². The number of halogens is 2. The van der Waals surface area contributed by atoms with Gasteiger partial charge in [-0.25, -0.2) is 0 Å². The monoisotopic (exact) mass is 300 g/mol. The standard InChI is InChI=1S/C13H14Cl2N2O2/c14-8-3-4-9(10(15)6-8)12(18)7-17-5-1-2-11(17)13(16)19/h3-4,6,11H,1-2,5,7H2,(H2,16,19). The van der Waals surface area contributed by atoms with Crippen LogP contribution >= 0.6 is 23.2 Å². The van der Waals surface area contributed by atoms with E-state index in [1.54, 1.807) is 17.0 Å². The van der Waals surface area contributed by atoms with Gasteiger partial charge in [0.2, 0.25) is 5.91 Å². The minimum atomic E-state index is -0.382. The quantitative estimate of drug-likeness (QED) is 0.867. The number of amides is 1. The number of likely N-dealkylation sites (tertiary alicyclic amines) is 1. The number of nitrogens with two attached hydrogens (primary N) is 1. The maximum absolute atomic E-state index is 12.2. The van der Waals surface area contributed by atoms with Gasteiger partial charge in [-0.3, -0.25) is 14.5 Å². The van der Waals surface area contributed by atoms with Crippen molar-refractivity contribution < 1.29 is 9.59 Å². The number of hydrogen-bond acceptors (Lipinski definition) is 3. The van der Waals surface area contributed by atoms with Crippen molar-refractivity contribution in [2.45, 2.75) is 18.9 Å². The van der Waals surface area contributed by atoms with E-state index in [4.69, 9.17) is 28.9 Å². The van der Waals surface area contributed by atoms with E-state index in [-0.39, 0.29) is 24.3 Å². The fourth-order valence-electron chi connectivity index (χ4n) is 2.32. The van der Waals surface area contributed by atoms with Crippen molar-refractivity contribution in [2.75, 3.05) is 13.1 Å². The first kappa shape index (κ1) is 14.3. The largest absolute Gasteiger partial charge is 0.368 e. The number of hydrogen-bond donors (Lipinski definition) is 1. The summed E-state index contributed by atoms with van der Waals surface area (Å²) in [5.41, 5.74) is 5.73. The van der Waals surface area contributed by atoms with Crippen molar-refractivity contribution >= 4 is 34.9 Å². The number of nitrogens with zero attached hydrogens (tertiary/aromatic N) is 1. The van der Waals surface area contributed by atoms with E-state index in [9.17, 15) is 9.59 Å². The topological polar surface area (TPSA) is 63.4 Å². The van der Waals surface area contributed by atoms with Crippen molar-refractivity contribution in [1.29, 1.82) is 0 Å². The maximum Gasteiger partial charge on any atom is 0.234 e. The molecule has 1 unspecified atom stereocenters. The average Bonchev–Trinajstić information content (AvgIpc) is 2.76. The van der Waals surface area contributed by atoms with E-state index in [2.05, 4.69) is 0 Å². The highest BCUT2D eigenvalue weighted by atomic mass is 35.5. The third-order valence-electron chi connectivity index (χ3n) is 3.27. The molecule has 1 saturated heterocycles. The third-order valence-corrected chi connectivity index (χ3v) is 3.82. The molecule has 19 heavy (non-hydrogen) atoms. The summed E-state index contributed by atoms with van der Waals surface area (Å²) in [5.74, 6) is -0.512. The Morgan fingerprint density at radius 2 is 2.11 bits per heavy atom. The molecule has 1 atom stereocenters. The zero-order chi connectivity index (χ0) is 14.0. The molecule has 1 aromatic rings. The molecule has 0 saturated carbocycles. The van der Waals surface area contributed by atoms with Crippen LogP contribution in [0.4, 0.5) is 0 Å². The predicted octanol–water partition coefficient (Wildman–Crippen LogP) is 2.13. The van der Waals surface area contributed by atoms with Crippen LogP contribution in [-0.2, 0) is 4.79 Å². The van der Waals surface area contributed by atoms with Gasteiger partial charge in [-0.1, -0.05) is 23.2 Å². The lowest BCUT2D eigenvalue weighted by molar-refractivity contribution is -0.122. The Hall–Kier alpha value is -1.10. The van der Waals surface area contributed by atoms with Crippen LogP contribution in [0.2, 0.25) is 10.0 Å². The summed E-state index contributed by atoms with van der Waals surface area (Å²) in [6, 6.07) is 4.40. The molecule has 0 spiro atoms. The highest BCUT2D eigenvalue weighted by molar-refractivity contribution is 6.36. The molecule has 0 aliphatic carbocycles. The molecule has 6 heteroatoms. The molecule has 0 radical (unpaired) electrons. The van der Waals surface area contributed by atoms with Gasteiger partial charge in [-0.2, -0.15) is 0 Å². The molecule has 1 aliphatic rings. The number of Topliss-reactive ketones (excluding diaryl/α,β-unsaturated/α-hetero) is 1. The molecule has 0 aromatic heterocycles. The minimum absolute atomic E-state index is 0.130. The maximum atomic E-state index is 12.2. The first-order valence-corrected chi connectivity index (χ1v) is 6.76. The minimum Gasteiger partial charge on any atom is -0.368 e. The van der Waals surface area contributed by atoms with Gasteiger partial charge in [-0.05, 0) is 37.6 Å². The van der Waals surface area contributed by atoms with Gasteiger partial charge in [-0.15, -0.1) is 0 Å². The van der Waals surface area contributed by atoms with E-state index in [1.807, 2.05) is 0 Å². The molecule has 2 N–H and O–H groups in total. The SMILES string of the molecule is NC(=O)C1CCCN1CC(=O)c1ccc(Cl)cc1Cl. The Bertz CT molecular complexity index is 519. The van der Waals surface area contributed by atoms with Crippen LogP contribution in [0.1, 0.15) is 23.2 Å². The van der Waals surface area contributed by atoms with Gasteiger partial charge in [0, 0.05) is 10.6 Å². The number of ketones is 1.